The molecule has 1 aromatic rings. The molecule has 0 bridgehead atoms. The number of piperidine rings is 1. The predicted molar refractivity (Wildman–Crippen MR) is 122 cm³/mol. The van der Waals surface area contributed by atoms with Gasteiger partial charge in [-0.15, -0.1) is 0 Å². The van der Waals surface area contributed by atoms with Crippen molar-refractivity contribution in [2.45, 2.75) is 31.7 Å². The molecular formula is C24H38N4O3. The van der Waals surface area contributed by atoms with Gasteiger partial charge in [-0.25, -0.2) is 4.79 Å². The molecule has 172 valence electrons. The van der Waals surface area contributed by atoms with Crippen LogP contribution in [0, 0.1) is 5.92 Å². The normalized spacial score (nSPS) is 22.0. The predicted octanol–water partition coefficient (Wildman–Crippen LogP) is 2.74. The standard InChI is InChI=1S/C24H38N4O3/c29-24(25-22-4-2-1-3-5-22)27-10-6-21(7-11-27)20-28(23-8-16-30-17-9-23)13-12-26-14-18-31-19-15-26/h1-5,21,23H,6-20H2,(H,25,29). The first-order valence-electron chi connectivity index (χ1n) is 12.0. The van der Waals surface area contributed by atoms with Crippen molar-refractivity contribution < 1.29 is 14.3 Å². The van der Waals surface area contributed by atoms with E-state index < -0.39 is 0 Å². The van der Waals surface area contributed by atoms with Crippen LogP contribution >= 0.6 is 0 Å². The number of rotatable bonds is 7. The third kappa shape index (κ3) is 6.91. The van der Waals surface area contributed by atoms with E-state index in [2.05, 4.69) is 15.1 Å². The van der Waals surface area contributed by atoms with E-state index in [0.717, 1.165) is 104 Å². The fraction of sp³-hybridized carbons (Fsp3) is 0.708. The lowest BCUT2D eigenvalue weighted by atomic mass is 9.94. The van der Waals surface area contributed by atoms with E-state index in [4.69, 9.17) is 9.47 Å². The average Bonchev–Trinajstić information content (AvgIpc) is 2.84. The van der Waals surface area contributed by atoms with Crippen molar-refractivity contribution in [3.63, 3.8) is 0 Å². The van der Waals surface area contributed by atoms with E-state index in [9.17, 15) is 4.79 Å². The van der Waals surface area contributed by atoms with Gasteiger partial charge in [0, 0.05) is 70.8 Å². The summed E-state index contributed by atoms with van der Waals surface area (Å²) in [7, 11) is 0. The summed E-state index contributed by atoms with van der Waals surface area (Å²) in [6.07, 6.45) is 4.45. The molecule has 0 saturated carbocycles. The molecule has 0 unspecified atom stereocenters. The van der Waals surface area contributed by atoms with E-state index in [1.807, 2.05) is 35.2 Å². The lowest BCUT2D eigenvalue weighted by Gasteiger charge is -2.40. The van der Waals surface area contributed by atoms with Crippen molar-refractivity contribution in [1.82, 2.24) is 14.7 Å². The number of morpholine rings is 1. The van der Waals surface area contributed by atoms with Crippen LogP contribution in [-0.4, -0.2) is 99.0 Å². The number of hydrogen-bond acceptors (Lipinski definition) is 5. The van der Waals surface area contributed by atoms with Gasteiger partial charge in [-0.1, -0.05) is 18.2 Å². The summed E-state index contributed by atoms with van der Waals surface area (Å²) in [5, 5.41) is 3.02. The highest BCUT2D eigenvalue weighted by atomic mass is 16.5. The average molecular weight is 431 g/mol. The molecule has 1 aromatic carbocycles. The Kier molecular flexibility index (Phi) is 8.58. The number of likely N-dealkylation sites (tertiary alicyclic amines) is 1. The van der Waals surface area contributed by atoms with Gasteiger partial charge in [-0.2, -0.15) is 0 Å². The molecular weight excluding hydrogens is 392 g/mol. The molecule has 3 aliphatic rings. The third-order valence-corrected chi connectivity index (χ3v) is 6.93. The molecule has 0 atom stereocenters. The van der Waals surface area contributed by atoms with Gasteiger partial charge in [0.25, 0.3) is 0 Å². The minimum absolute atomic E-state index is 0.0262. The number of ether oxygens (including phenoxy) is 2. The number of anilines is 1. The molecule has 7 heteroatoms. The Balaban J connectivity index is 1.25. The summed E-state index contributed by atoms with van der Waals surface area (Å²) in [5.41, 5.74) is 0.864. The monoisotopic (exact) mass is 430 g/mol. The summed E-state index contributed by atoms with van der Waals surface area (Å²) in [6, 6.07) is 10.4. The van der Waals surface area contributed by atoms with Gasteiger partial charge in [0.2, 0.25) is 0 Å². The topological polar surface area (TPSA) is 57.3 Å². The van der Waals surface area contributed by atoms with Gasteiger partial charge < -0.3 is 19.7 Å². The van der Waals surface area contributed by atoms with Crippen LogP contribution in [0.1, 0.15) is 25.7 Å². The number of benzene rings is 1. The molecule has 4 rings (SSSR count). The zero-order valence-electron chi connectivity index (χ0n) is 18.7. The van der Waals surface area contributed by atoms with Gasteiger partial charge in [-0.05, 0) is 43.7 Å². The quantitative estimate of drug-likeness (QED) is 0.721. The number of urea groups is 1. The van der Waals surface area contributed by atoms with Gasteiger partial charge in [-0.3, -0.25) is 9.80 Å². The van der Waals surface area contributed by atoms with Gasteiger partial charge in [0.15, 0.2) is 0 Å². The highest BCUT2D eigenvalue weighted by Gasteiger charge is 2.28. The maximum Gasteiger partial charge on any atom is 0.321 e. The molecule has 2 amide bonds. The highest BCUT2D eigenvalue weighted by molar-refractivity contribution is 5.89. The van der Waals surface area contributed by atoms with Crippen molar-refractivity contribution in [2.75, 3.05) is 77.6 Å². The minimum Gasteiger partial charge on any atom is -0.381 e. The van der Waals surface area contributed by atoms with Gasteiger partial charge in [0.1, 0.15) is 0 Å². The summed E-state index contributed by atoms with van der Waals surface area (Å²) in [4.78, 5) is 19.8. The Morgan fingerprint density at radius 3 is 2.32 bits per heavy atom. The van der Waals surface area contributed by atoms with Crippen LogP contribution in [0.4, 0.5) is 10.5 Å². The third-order valence-electron chi connectivity index (χ3n) is 6.93. The van der Waals surface area contributed by atoms with Crippen LogP contribution in [0.3, 0.4) is 0 Å². The van der Waals surface area contributed by atoms with Crippen LogP contribution in [0.5, 0.6) is 0 Å². The first-order valence-corrected chi connectivity index (χ1v) is 12.0. The molecule has 0 spiro atoms. The Bertz CT molecular complexity index is 654. The first kappa shape index (κ1) is 22.5. The van der Waals surface area contributed by atoms with Crippen molar-refractivity contribution in [2.24, 2.45) is 5.92 Å². The number of para-hydroxylation sites is 1. The summed E-state index contributed by atoms with van der Waals surface area (Å²) in [5.74, 6) is 0.660. The van der Waals surface area contributed by atoms with Crippen molar-refractivity contribution in [3.8, 4) is 0 Å². The van der Waals surface area contributed by atoms with E-state index in [1.54, 1.807) is 0 Å². The Morgan fingerprint density at radius 2 is 1.61 bits per heavy atom. The largest absolute Gasteiger partial charge is 0.381 e. The first-order chi connectivity index (χ1) is 15.3. The zero-order chi connectivity index (χ0) is 21.3. The molecule has 3 fully saturated rings. The van der Waals surface area contributed by atoms with Crippen molar-refractivity contribution in [3.05, 3.63) is 30.3 Å². The molecule has 3 aliphatic heterocycles. The fourth-order valence-electron chi connectivity index (χ4n) is 4.94. The number of amides is 2. The van der Waals surface area contributed by atoms with E-state index >= 15 is 0 Å². The Morgan fingerprint density at radius 1 is 0.935 bits per heavy atom. The van der Waals surface area contributed by atoms with Gasteiger partial charge in [0.05, 0.1) is 13.2 Å². The van der Waals surface area contributed by atoms with Crippen LogP contribution < -0.4 is 5.32 Å². The van der Waals surface area contributed by atoms with Crippen molar-refractivity contribution in [1.29, 1.82) is 0 Å². The second-order valence-electron chi connectivity index (χ2n) is 9.02. The smallest absolute Gasteiger partial charge is 0.321 e. The zero-order valence-corrected chi connectivity index (χ0v) is 18.7. The molecule has 31 heavy (non-hydrogen) atoms. The number of nitrogens with zero attached hydrogens (tertiary/aromatic N) is 3. The fourth-order valence-corrected chi connectivity index (χ4v) is 4.94. The lowest BCUT2D eigenvalue weighted by Crippen LogP contribution is -2.49. The lowest BCUT2D eigenvalue weighted by molar-refractivity contribution is 0.00697. The van der Waals surface area contributed by atoms with E-state index in [-0.39, 0.29) is 6.03 Å². The second kappa shape index (κ2) is 11.8. The van der Waals surface area contributed by atoms with Crippen molar-refractivity contribution >= 4 is 11.7 Å². The van der Waals surface area contributed by atoms with E-state index in [1.165, 1.54) is 0 Å². The number of carbonyl (C=O) groups is 1. The number of nitrogens with one attached hydrogen (secondary N) is 1. The summed E-state index contributed by atoms with van der Waals surface area (Å²) in [6.45, 7) is 10.7. The molecule has 3 saturated heterocycles. The Labute approximate surface area is 186 Å². The summed E-state index contributed by atoms with van der Waals surface area (Å²) < 4.78 is 11.1. The van der Waals surface area contributed by atoms with E-state index in [0.29, 0.717) is 12.0 Å². The Hall–Kier alpha value is -1.67. The molecule has 1 N–H and O–H groups in total. The van der Waals surface area contributed by atoms with Gasteiger partial charge >= 0.3 is 6.03 Å². The number of carbonyl (C=O) groups excluding carboxylic acids is 1. The summed E-state index contributed by atoms with van der Waals surface area (Å²) >= 11 is 0. The second-order valence-corrected chi connectivity index (χ2v) is 9.02. The highest BCUT2D eigenvalue weighted by Crippen LogP contribution is 2.23. The van der Waals surface area contributed by atoms with Crippen LogP contribution in [0.2, 0.25) is 0 Å². The molecule has 0 radical (unpaired) electrons. The maximum atomic E-state index is 12.6. The molecule has 7 nitrogen and oxygen atoms in total. The minimum atomic E-state index is 0.0262. The van der Waals surface area contributed by atoms with Crippen LogP contribution in [-0.2, 0) is 9.47 Å². The van der Waals surface area contributed by atoms with Crippen LogP contribution in [0.15, 0.2) is 30.3 Å². The molecule has 3 heterocycles. The van der Waals surface area contributed by atoms with Crippen LogP contribution in [0.25, 0.3) is 0 Å². The number of hydrogen-bond donors (Lipinski definition) is 1. The molecule has 0 aromatic heterocycles. The SMILES string of the molecule is O=C(Nc1ccccc1)N1CCC(CN(CCN2CCOCC2)C2CCOCC2)CC1. The molecule has 0 aliphatic carbocycles. The maximum absolute atomic E-state index is 12.6.